The maximum atomic E-state index is 6.53. The lowest BCUT2D eigenvalue weighted by molar-refractivity contribution is 0.00578. The fraction of sp³-hybridized carbons (Fsp3) is 0.171. The first-order chi connectivity index (χ1) is 23.1. The smallest absolute Gasteiger partial charge is 0.399 e. The molecule has 1 saturated heterocycles. The van der Waals surface area contributed by atoms with Gasteiger partial charge in [0, 0.05) is 33.8 Å². The van der Waals surface area contributed by atoms with Crippen molar-refractivity contribution in [2.45, 2.75) is 45.8 Å². The van der Waals surface area contributed by atoms with Gasteiger partial charge < -0.3 is 9.31 Å². The zero-order valence-corrected chi connectivity index (χ0v) is 27.9. The van der Waals surface area contributed by atoms with E-state index in [1.165, 1.54) is 0 Å². The number of aliphatic imine (C=N–C) groups is 2. The summed E-state index contributed by atoms with van der Waals surface area (Å²) < 4.78 is 13.1. The molecule has 0 amide bonds. The second kappa shape index (κ2) is 12.4. The average Bonchev–Trinajstić information content (AvgIpc) is 3.34. The Morgan fingerprint density at radius 1 is 0.667 bits per heavy atom. The van der Waals surface area contributed by atoms with Crippen LogP contribution in [-0.2, 0) is 9.31 Å². The Labute approximate surface area is 282 Å². The average molecular weight is 629 g/mol. The molecule has 7 rings (SSSR count). The highest BCUT2D eigenvalue weighted by molar-refractivity contribution is 6.62. The fourth-order valence-electron chi connectivity index (χ4n) is 5.80. The standard InChI is InChI=1S/C41H37BN4O2/c1-27(29-14-9-7-10-15-29)44-39(32-16-11-8-12-17-32)45-28(2)33-24-34(26-35(25-33)42-47-40(3,4)41(5,6)48-42)36-22-21-31-20-19-30-18-13-23-43-37(30)38(31)46-36/h7-26H,1H2,2-6H3/b44-39-,45-28+. The van der Waals surface area contributed by atoms with Crippen LogP contribution in [0.25, 0.3) is 38.8 Å². The van der Waals surface area contributed by atoms with Gasteiger partial charge in [0.25, 0.3) is 0 Å². The molecular formula is C41H37BN4O2. The molecule has 0 spiro atoms. The number of fused-ring (bicyclic) bond motifs is 3. The summed E-state index contributed by atoms with van der Waals surface area (Å²) in [6.45, 7) is 14.5. The number of rotatable bonds is 6. The quantitative estimate of drug-likeness (QED) is 0.0801. The van der Waals surface area contributed by atoms with Gasteiger partial charge in [-0.3, -0.25) is 4.98 Å². The Kier molecular flexibility index (Phi) is 8.11. The van der Waals surface area contributed by atoms with Crippen LogP contribution in [0.5, 0.6) is 0 Å². The van der Waals surface area contributed by atoms with Gasteiger partial charge in [-0.05, 0) is 69.4 Å². The van der Waals surface area contributed by atoms with Crippen LogP contribution in [0.1, 0.15) is 51.3 Å². The van der Waals surface area contributed by atoms with Crippen molar-refractivity contribution in [1.29, 1.82) is 0 Å². The van der Waals surface area contributed by atoms with Gasteiger partial charge in [-0.1, -0.05) is 104 Å². The molecule has 4 aromatic carbocycles. The highest BCUT2D eigenvalue weighted by Crippen LogP contribution is 2.37. The van der Waals surface area contributed by atoms with Crippen molar-refractivity contribution in [3.8, 4) is 11.3 Å². The van der Waals surface area contributed by atoms with E-state index in [1.54, 1.807) is 0 Å². The van der Waals surface area contributed by atoms with Crippen molar-refractivity contribution in [1.82, 2.24) is 9.97 Å². The maximum absolute atomic E-state index is 6.53. The number of pyridine rings is 2. The Hall–Kier alpha value is -5.24. The zero-order chi connectivity index (χ0) is 33.5. The van der Waals surface area contributed by atoms with Gasteiger partial charge in [-0.25, -0.2) is 15.0 Å². The molecule has 0 saturated carbocycles. The molecule has 0 aliphatic carbocycles. The Balaban J connectivity index is 1.38. The monoisotopic (exact) mass is 628 g/mol. The third-order valence-electron chi connectivity index (χ3n) is 9.28. The molecular weight excluding hydrogens is 591 g/mol. The van der Waals surface area contributed by atoms with Gasteiger partial charge >= 0.3 is 7.12 Å². The Morgan fingerprint density at radius 2 is 1.29 bits per heavy atom. The van der Waals surface area contributed by atoms with Crippen molar-refractivity contribution >= 4 is 51.6 Å². The van der Waals surface area contributed by atoms with Gasteiger partial charge in [-0.2, -0.15) is 0 Å². The molecule has 1 aliphatic rings. The summed E-state index contributed by atoms with van der Waals surface area (Å²) in [4.78, 5) is 19.9. The van der Waals surface area contributed by atoms with Crippen molar-refractivity contribution < 1.29 is 9.31 Å². The Bertz CT molecular complexity index is 2210. The second-order valence-corrected chi connectivity index (χ2v) is 13.2. The lowest BCUT2D eigenvalue weighted by atomic mass is 9.77. The predicted octanol–water partition coefficient (Wildman–Crippen LogP) is 8.68. The molecule has 0 radical (unpaired) electrons. The van der Waals surface area contributed by atoms with E-state index in [1.807, 2.05) is 79.9 Å². The van der Waals surface area contributed by atoms with Crippen molar-refractivity contribution in [2.24, 2.45) is 9.98 Å². The van der Waals surface area contributed by atoms with Gasteiger partial charge in [-0.15, -0.1) is 0 Å². The van der Waals surface area contributed by atoms with E-state index in [0.717, 1.165) is 60.9 Å². The molecule has 0 bridgehead atoms. The van der Waals surface area contributed by atoms with Crippen LogP contribution in [0.4, 0.5) is 0 Å². The van der Waals surface area contributed by atoms with E-state index in [2.05, 4.69) is 87.8 Å². The van der Waals surface area contributed by atoms with Crippen LogP contribution < -0.4 is 5.46 Å². The summed E-state index contributed by atoms with van der Waals surface area (Å²) in [5.74, 6) is 0.575. The zero-order valence-electron chi connectivity index (χ0n) is 27.9. The third kappa shape index (κ3) is 6.10. The number of hydrogen-bond donors (Lipinski definition) is 0. The molecule has 2 aromatic heterocycles. The number of nitrogens with zero attached hydrogens (tertiary/aromatic N) is 4. The van der Waals surface area contributed by atoms with Crippen LogP contribution >= 0.6 is 0 Å². The van der Waals surface area contributed by atoms with E-state index < -0.39 is 18.3 Å². The minimum absolute atomic E-state index is 0.492. The first kappa shape index (κ1) is 31.4. The van der Waals surface area contributed by atoms with Crippen LogP contribution in [0.3, 0.4) is 0 Å². The molecule has 0 unspecified atom stereocenters. The van der Waals surface area contributed by atoms with Crippen molar-refractivity contribution in [3.63, 3.8) is 0 Å². The van der Waals surface area contributed by atoms with Gasteiger partial charge in [0.05, 0.1) is 33.6 Å². The molecule has 0 N–H and O–H groups in total. The molecule has 7 heteroatoms. The van der Waals surface area contributed by atoms with E-state index in [0.29, 0.717) is 11.5 Å². The first-order valence-corrected chi connectivity index (χ1v) is 16.2. The minimum Gasteiger partial charge on any atom is -0.399 e. The molecule has 3 heterocycles. The highest BCUT2D eigenvalue weighted by atomic mass is 16.7. The van der Waals surface area contributed by atoms with Crippen LogP contribution in [-0.4, -0.2) is 39.8 Å². The molecule has 1 fully saturated rings. The molecule has 0 atom stereocenters. The van der Waals surface area contributed by atoms with Gasteiger partial charge in [0.15, 0.2) is 5.84 Å². The summed E-state index contributed by atoms with van der Waals surface area (Å²) >= 11 is 0. The van der Waals surface area contributed by atoms with Crippen LogP contribution in [0.15, 0.2) is 138 Å². The molecule has 236 valence electrons. The van der Waals surface area contributed by atoms with Gasteiger partial charge in [0.1, 0.15) is 0 Å². The Morgan fingerprint density at radius 3 is 1.98 bits per heavy atom. The van der Waals surface area contributed by atoms with E-state index in [9.17, 15) is 0 Å². The predicted molar refractivity (Wildman–Crippen MR) is 199 cm³/mol. The van der Waals surface area contributed by atoms with Crippen molar-refractivity contribution in [2.75, 3.05) is 0 Å². The summed E-state index contributed by atoms with van der Waals surface area (Å²) in [7, 11) is -0.565. The normalized spacial score (nSPS) is 16.1. The molecule has 1 aliphatic heterocycles. The number of aromatic nitrogens is 2. The SMILES string of the molecule is C=C(/N=C(\N=C(/C)c1cc(B2OC(C)(C)C(C)(C)O2)cc(-c2ccc3ccc4cccnc4c3n2)c1)c1ccccc1)c1ccccc1. The highest BCUT2D eigenvalue weighted by Gasteiger charge is 2.51. The van der Waals surface area contributed by atoms with Crippen LogP contribution in [0, 0.1) is 0 Å². The summed E-state index contributed by atoms with van der Waals surface area (Å²) in [6, 6.07) is 38.6. The molecule has 48 heavy (non-hydrogen) atoms. The fourth-order valence-corrected chi connectivity index (χ4v) is 5.80. The van der Waals surface area contributed by atoms with E-state index >= 15 is 0 Å². The van der Waals surface area contributed by atoms with Crippen LogP contribution in [0.2, 0.25) is 0 Å². The van der Waals surface area contributed by atoms with Crippen molar-refractivity contribution in [3.05, 3.63) is 145 Å². The third-order valence-corrected chi connectivity index (χ3v) is 9.28. The lowest BCUT2D eigenvalue weighted by Gasteiger charge is -2.32. The molecule has 6 nitrogen and oxygen atoms in total. The minimum atomic E-state index is -0.565. The largest absolute Gasteiger partial charge is 0.494 e. The summed E-state index contributed by atoms with van der Waals surface area (Å²) in [5, 5.41) is 2.08. The lowest BCUT2D eigenvalue weighted by Crippen LogP contribution is -2.41. The maximum Gasteiger partial charge on any atom is 0.494 e. The molecule has 6 aromatic rings. The first-order valence-electron chi connectivity index (χ1n) is 16.2. The number of amidine groups is 1. The second-order valence-electron chi connectivity index (χ2n) is 13.2. The topological polar surface area (TPSA) is 69.0 Å². The van der Waals surface area contributed by atoms with E-state index in [4.69, 9.17) is 24.3 Å². The van der Waals surface area contributed by atoms with Gasteiger partial charge in [0.2, 0.25) is 0 Å². The number of hydrogen-bond acceptors (Lipinski definition) is 5. The summed E-state index contributed by atoms with van der Waals surface area (Å²) in [5.41, 5.74) is 7.54. The summed E-state index contributed by atoms with van der Waals surface area (Å²) in [6.07, 6.45) is 1.81. The number of benzene rings is 4. The van der Waals surface area contributed by atoms with E-state index in [-0.39, 0.29) is 0 Å².